The van der Waals surface area contributed by atoms with Gasteiger partial charge in [-0.15, -0.1) is 11.3 Å². The number of carbonyl (C=O) groups is 1. The molecule has 0 aromatic carbocycles. The first-order chi connectivity index (χ1) is 9.83. The van der Waals surface area contributed by atoms with Gasteiger partial charge in [0.05, 0.1) is 12.1 Å². The fourth-order valence-corrected chi connectivity index (χ4v) is 2.43. The molecule has 2 heterocycles. The number of aryl methyl sites for hydroxylation is 1. The molecule has 0 bridgehead atoms. The van der Waals surface area contributed by atoms with Crippen LogP contribution >= 0.6 is 11.3 Å². The molecule has 0 aliphatic carbocycles. The first-order valence-corrected chi connectivity index (χ1v) is 7.63. The molecule has 21 heavy (non-hydrogen) atoms. The van der Waals surface area contributed by atoms with E-state index in [2.05, 4.69) is 21.9 Å². The fourth-order valence-electron chi connectivity index (χ4n) is 1.62. The molecule has 1 N–H and O–H groups in total. The molecule has 0 saturated carbocycles. The minimum Gasteiger partial charge on any atom is -0.368 e. The van der Waals surface area contributed by atoms with Crippen molar-refractivity contribution in [2.24, 2.45) is 0 Å². The third kappa shape index (κ3) is 4.99. The Hall–Kier alpha value is -1.66. The number of rotatable bonds is 5. The summed E-state index contributed by atoms with van der Waals surface area (Å²) < 4.78 is 10.7. The average Bonchev–Trinajstić information content (AvgIpc) is 3.01. The molecule has 1 amide bonds. The Bertz CT molecular complexity index is 610. The van der Waals surface area contributed by atoms with Gasteiger partial charge in [-0.05, 0) is 44.7 Å². The molecule has 2 rings (SSSR count). The number of nitrogens with zero attached hydrogens (tertiary/aromatic N) is 1. The van der Waals surface area contributed by atoms with Gasteiger partial charge in [-0.1, -0.05) is 5.16 Å². The van der Waals surface area contributed by atoms with Crippen LogP contribution in [0.2, 0.25) is 0 Å². The van der Waals surface area contributed by atoms with Gasteiger partial charge in [0.1, 0.15) is 6.61 Å². The third-order valence-electron chi connectivity index (χ3n) is 2.65. The van der Waals surface area contributed by atoms with Crippen molar-refractivity contribution >= 4 is 17.2 Å². The lowest BCUT2D eigenvalue weighted by Crippen LogP contribution is -2.22. The van der Waals surface area contributed by atoms with Crippen LogP contribution in [0.4, 0.5) is 0 Å². The molecule has 2 aromatic rings. The minimum atomic E-state index is -0.258. The van der Waals surface area contributed by atoms with Crippen LogP contribution in [0.1, 0.15) is 47.5 Å². The summed E-state index contributed by atoms with van der Waals surface area (Å²) in [6, 6.07) is 3.66. The van der Waals surface area contributed by atoms with E-state index in [1.165, 1.54) is 5.56 Å². The number of carbonyl (C=O) groups excluding carboxylic acids is 1. The van der Waals surface area contributed by atoms with E-state index in [0.29, 0.717) is 18.9 Å². The summed E-state index contributed by atoms with van der Waals surface area (Å²) in [5.74, 6) is 0.300. The zero-order valence-corrected chi connectivity index (χ0v) is 13.5. The predicted octanol–water partition coefficient (Wildman–Crippen LogP) is 3.29. The normalized spacial score (nSPS) is 11.6. The second-order valence-electron chi connectivity index (χ2n) is 5.85. The molecule has 5 nitrogen and oxygen atoms in total. The molecule has 0 aliphatic heterocycles. The highest BCUT2D eigenvalue weighted by atomic mass is 32.1. The lowest BCUT2D eigenvalue weighted by atomic mass is 10.2. The quantitative estimate of drug-likeness (QED) is 0.920. The second kappa shape index (κ2) is 6.41. The van der Waals surface area contributed by atoms with Crippen LogP contribution in [0, 0.1) is 6.92 Å². The summed E-state index contributed by atoms with van der Waals surface area (Å²) in [4.78, 5) is 13.1. The topological polar surface area (TPSA) is 64.4 Å². The van der Waals surface area contributed by atoms with Gasteiger partial charge in [0, 0.05) is 10.9 Å². The number of hydrogen-bond acceptors (Lipinski definition) is 5. The van der Waals surface area contributed by atoms with Gasteiger partial charge in [-0.2, -0.15) is 0 Å². The molecule has 0 aliphatic rings. The van der Waals surface area contributed by atoms with Crippen molar-refractivity contribution < 1.29 is 14.1 Å². The van der Waals surface area contributed by atoms with Crippen LogP contribution in [0.25, 0.3) is 0 Å². The third-order valence-corrected chi connectivity index (χ3v) is 3.70. The van der Waals surface area contributed by atoms with E-state index in [1.54, 1.807) is 17.4 Å². The Morgan fingerprint density at radius 1 is 1.43 bits per heavy atom. The van der Waals surface area contributed by atoms with Crippen molar-refractivity contribution in [3.63, 3.8) is 0 Å². The number of nitrogens with one attached hydrogen (secondary N) is 1. The van der Waals surface area contributed by atoms with Gasteiger partial charge in [-0.3, -0.25) is 4.79 Å². The SMILES string of the molecule is Cc1csc(CNC(=O)c2cc(COC(C)(C)C)on2)c1. The first-order valence-electron chi connectivity index (χ1n) is 6.75. The molecule has 0 fully saturated rings. The largest absolute Gasteiger partial charge is 0.368 e. The number of aromatic nitrogens is 1. The van der Waals surface area contributed by atoms with Crippen LogP contribution < -0.4 is 5.32 Å². The lowest BCUT2D eigenvalue weighted by Gasteiger charge is -2.17. The monoisotopic (exact) mass is 308 g/mol. The van der Waals surface area contributed by atoms with Crippen LogP contribution in [-0.2, 0) is 17.9 Å². The average molecular weight is 308 g/mol. The van der Waals surface area contributed by atoms with E-state index in [0.717, 1.165) is 4.88 Å². The minimum absolute atomic E-state index is 0.244. The zero-order chi connectivity index (χ0) is 15.5. The summed E-state index contributed by atoms with van der Waals surface area (Å²) in [7, 11) is 0. The van der Waals surface area contributed by atoms with Crippen LogP contribution in [-0.4, -0.2) is 16.7 Å². The van der Waals surface area contributed by atoms with Crippen molar-refractivity contribution in [3.05, 3.63) is 39.4 Å². The Morgan fingerprint density at radius 3 is 2.81 bits per heavy atom. The van der Waals surface area contributed by atoms with E-state index < -0.39 is 0 Å². The smallest absolute Gasteiger partial charge is 0.273 e. The predicted molar refractivity (Wildman–Crippen MR) is 81.3 cm³/mol. The van der Waals surface area contributed by atoms with E-state index in [4.69, 9.17) is 9.26 Å². The van der Waals surface area contributed by atoms with Gasteiger partial charge < -0.3 is 14.6 Å². The number of amides is 1. The second-order valence-corrected chi connectivity index (χ2v) is 6.85. The van der Waals surface area contributed by atoms with Crippen molar-refractivity contribution in [1.82, 2.24) is 10.5 Å². The van der Waals surface area contributed by atoms with Crippen LogP contribution in [0.3, 0.4) is 0 Å². The maximum Gasteiger partial charge on any atom is 0.273 e. The Balaban J connectivity index is 1.87. The van der Waals surface area contributed by atoms with Gasteiger partial charge >= 0.3 is 0 Å². The highest BCUT2D eigenvalue weighted by Gasteiger charge is 2.15. The van der Waals surface area contributed by atoms with Crippen LogP contribution in [0.15, 0.2) is 22.0 Å². The van der Waals surface area contributed by atoms with Crippen molar-refractivity contribution in [1.29, 1.82) is 0 Å². The van der Waals surface area contributed by atoms with E-state index in [1.807, 2.05) is 27.7 Å². The molecule has 0 atom stereocenters. The van der Waals surface area contributed by atoms with Crippen LogP contribution in [0.5, 0.6) is 0 Å². The summed E-state index contributed by atoms with van der Waals surface area (Å²) in [6.45, 7) is 8.70. The molecule has 0 radical (unpaired) electrons. The summed E-state index contributed by atoms with van der Waals surface area (Å²) in [6.07, 6.45) is 0. The summed E-state index contributed by atoms with van der Waals surface area (Å²) in [5, 5.41) is 8.65. The fraction of sp³-hybridized carbons (Fsp3) is 0.467. The molecule has 114 valence electrons. The first kappa shape index (κ1) is 15.7. The van der Waals surface area contributed by atoms with E-state index in [9.17, 15) is 4.79 Å². The maximum atomic E-state index is 12.0. The van der Waals surface area contributed by atoms with Gasteiger partial charge in [-0.25, -0.2) is 0 Å². The molecule has 0 saturated heterocycles. The Labute approximate surface area is 128 Å². The Morgan fingerprint density at radius 2 is 2.19 bits per heavy atom. The molecular weight excluding hydrogens is 288 g/mol. The molecule has 6 heteroatoms. The van der Waals surface area contributed by atoms with Crippen molar-refractivity contribution in [2.75, 3.05) is 0 Å². The van der Waals surface area contributed by atoms with Crippen molar-refractivity contribution in [3.8, 4) is 0 Å². The lowest BCUT2D eigenvalue weighted by molar-refractivity contribution is -0.0241. The number of ether oxygens (including phenoxy) is 1. The highest BCUT2D eigenvalue weighted by molar-refractivity contribution is 7.10. The summed E-state index contributed by atoms with van der Waals surface area (Å²) in [5.41, 5.74) is 1.22. The molecule has 0 unspecified atom stereocenters. The molecule has 0 spiro atoms. The zero-order valence-electron chi connectivity index (χ0n) is 12.7. The molecule has 2 aromatic heterocycles. The summed E-state index contributed by atoms with van der Waals surface area (Å²) >= 11 is 1.62. The van der Waals surface area contributed by atoms with Gasteiger partial charge in [0.25, 0.3) is 5.91 Å². The van der Waals surface area contributed by atoms with E-state index >= 15 is 0 Å². The molecular formula is C15H20N2O3S. The highest BCUT2D eigenvalue weighted by Crippen LogP contribution is 2.14. The number of thiophene rings is 1. The number of hydrogen-bond donors (Lipinski definition) is 1. The van der Waals surface area contributed by atoms with Gasteiger partial charge in [0.15, 0.2) is 11.5 Å². The standard InChI is InChI=1S/C15H20N2O3S/c1-10-5-12(21-9-10)7-16-14(18)13-6-11(20-17-13)8-19-15(2,3)4/h5-6,9H,7-8H2,1-4H3,(H,16,18). The Kier molecular flexibility index (Phi) is 4.80. The van der Waals surface area contributed by atoms with E-state index in [-0.39, 0.29) is 17.2 Å². The maximum absolute atomic E-state index is 12.0. The van der Waals surface area contributed by atoms with Crippen molar-refractivity contribution in [2.45, 2.75) is 46.4 Å². The van der Waals surface area contributed by atoms with Gasteiger partial charge in [0.2, 0.25) is 0 Å².